The van der Waals surface area contributed by atoms with Gasteiger partial charge in [0, 0.05) is 26.1 Å². The quantitative estimate of drug-likeness (QED) is 0.101. The summed E-state index contributed by atoms with van der Waals surface area (Å²) in [6.45, 7) is 1.32. The van der Waals surface area contributed by atoms with Crippen LogP contribution in [0.3, 0.4) is 0 Å². The van der Waals surface area contributed by atoms with E-state index in [1.165, 1.54) is 4.90 Å². The van der Waals surface area contributed by atoms with Crippen LogP contribution in [0.4, 0.5) is 0 Å². The molecule has 0 aliphatic carbocycles. The summed E-state index contributed by atoms with van der Waals surface area (Å²) in [4.78, 5) is 50.1. The predicted octanol–water partition coefficient (Wildman–Crippen LogP) is 0.636. The number of rotatable bonds is 17. The Bertz CT molecular complexity index is 853. The monoisotopic (exact) mass is 505 g/mol. The number of aliphatic carboxylic acids is 2. The summed E-state index contributed by atoms with van der Waals surface area (Å²) in [6, 6.07) is 6.83. The van der Waals surface area contributed by atoms with Gasteiger partial charge in [-0.15, -0.1) is 0 Å². The molecule has 0 bridgehead atoms. The summed E-state index contributed by atoms with van der Waals surface area (Å²) < 4.78 is 0. The molecule has 0 saturated carbocycles. The van der Waals surface area contributed by atoms with E-state index in [-0.39, 0.29) is 11.8 Å². The largest absolute Gasteiger partial charge is 0.480 e. The zero-order valence-electron chi connectivity index (χ0n) is 20.7. The third-order valence-electron chi connectivity index (χ3n) is 6.35. The molecule has 0 aromatic heterocycles. The fraction of sp³-hybridized carbons (Fsp3) is 0.600. The Morgan fingerprint density at radius 3 is 2.42 bits per heavy atom. The lowest BCUT2D eigenvalue weighted by Crippen LogP contribution is -2.54. The van der Waals surface area contributed by atoms with Crippen LogP contribution in [0.15, 0.2) is 30.3 Å². The number of nitrogens with zero attached hydrogens (tertiary/aromatic N) is 1. The summed E-state index contributed by atoms with van der Waals surface area (Å²) in [6.07, 6.45) is 4.29. The van der Waals surface area contributed by atoms with E-state index in [2.05, 4.69) is 16.1 Å². The molecular weight excluding hydrogens is 466 g/mol. The molecule has 1 aliphatic rings. The van der Waals surface area contributed by atoms with Crippen molar-refractivity contribution in [1.82, 2.24) is 21.0 Å². The summed E-state index contributed by atoms with van der Waals surface area (Å²) in [5.74, 6) is 2.62. The number of carboxylic acids is 2. The van der Waals surface area contributed by atoms with Crippen molar-refractivity contribution in [2.75, 3.05) is 19.6 Å². The number of nitrogens with two attached hydrogens (primary N) is 1. The number of likely N-dealkylation sites (tertiary alicyclic amines) is 1. The molecule has 2 unspecified atom stereocenters. The number of hydrazine groups is 1. The van der Waals surface area contributed by atoms with Gasteiger partial charge >= 0.3 is 11.9 Å². The molecule has 1 saturated heterocycles. The highest BCUT2D eigenvalue weighted by Gasteiger charge is 2.38. The maximum Gasteiger partial charge on any atom is 0.326 e. The number of benzene rings is 1. The third kappa shape index (κ3) is 9.92. The Balaban J connectivity index is 1.98. The predicted molar refractivity (Wildman–Crippen MR) is 134 cm³/mol. The summed E-state index contributed by atoms with van der Waals surface area (Å²) in [5, 5.41) is 25.1. The second-order valence-electron chi connectivity index (χ2n) is 9.07. The van der Waals surface area contributed by atoms with E-state index < -0.39 is 30.1 Å². The summed E-state index contributed by atoms with van der Waals surface area (Å²) in [5.41, 5.74) is 3.49. The van der Waals surface area contributed by atoms with Crippen LogP contribution in [0, 0.1) is 0 Å². The Hall–Kier alpha value is -3.02. The number of nitrogens with one attached hydrogen (secondary N) is 3. The van der Waals surface area contributed by atoms with Crippen molar-refractivity contribution >= 4 is 23.8 Å². The van der Waals surface area contributed by atoms with E-state index in [0.29, 0.717) is 77.4 Å². The topological polar surface area (TPSA) is 174 Å². The van der Waals surface area contributed by atoms with Crippen molar-refractivity contribution in [2.45, 2.75) is 75.9 Å². The van der Waals surface area contributed by atoms with Gasteiger partial charge in [-0.1, -0.05) is 30.3 Å². The molecule has 7 N–H and O–H groups in total. The van der Waals surface area contributed by atoms with Gasteiger partial charge < -0.3 is 20.4 Å². The van der Waals surface area contributed by atoms with E-state index in [1.807, 2.05) is 30.3 Å². The number of carboxylic acid groups (broad SMARTS) is 2. The second kappa shape index (κ2) is 15.9. The standard InChI is InChI=1S/C25H39N5O6/c26-28-16-6-12-22(31)27-15-5-4-10-19(23(32)30-17-7-11-21(30)25(35)36)29-20(24(33)34)14-13-18-8-2-1-3-9-18/h1-3,8-9,19-21,28-29H,4-7,10-17,26H2,(H,27,31)(H,33,34)(H,35,36)/t19-,20?,21?/m0/s1. The van der Waals surface area contributed by atoms with Crippen LogP contribution in [0.2, 0.25) is 0 Å². The number of carbonyl (C=O) groups excluding carboxylic acids is 2. The lowest BCUT2D eigenvalue weighted by atomic mass is 10.0. The van der Waals surface area contributed by atoms with Crippen molar-refractivity contribution in [3.05, 3.63) is 35.9 Å². The molecule has 1 aromatic carbocycles. The van der Waals surface area contributed by atoms with Gasteiger partial charge in [0.05, 0.1) is 6.04 Å². The van der Waals surface area contributed by atoms with Gasteiger partial charge in [0.25, 0.3) is 0 Å². The van der Waals surface area contributed by atoms with Crippen LogP contribution >= 0.6 is 0 Å². The van der Waals surface area contributed by atoms with Gasteiger partial charge in [-0.05, 0) is 56.9 Å². The fourth-order valence-electron chi connectivity index (χ4n) is 4.38. The van der Waals surface area contributed by atoms with E-state index in [4.69, 9.17) is 5.84 Å². The molecule has 0 spiro atoms. The molecule has 0 radical (unpaired) electrons. The lowest BCUT2D eigenvalue weighted by molar-refractivity contribution is -0.149. The Morgan fingerprint density at radius 2 is 1.75 bits per heavy atom. The van der Waals surface area contributed by atoms with E-state index in [0.717, 1.165) is 5.56 Å². The number of hydrogen-bond donors (Lipinski definition) is 6. The first-order valence-electron chi connectivity index (χ1n) is 12.6. The van der Waals surface area contributed by atoms with Crippen molar-refractivity contribution in [3.63, 3.8) is 0 Å². The molecule has 3 atom stereocenters. The Kier molecular flexibility index (Phi) is 12.9. The van der Waals surface area contributed by atoms with Gasteiger partial charge in [-0.3, -0.25) is 31.0 Å². The van der Waals surface area contributed by atoms with Crippen LogP contribution in [0.5, 0.6) is 0 Å². The SMILES string of the molecule is NNCCCC(=O)NCCCC[C@H](NC(CCc1ccccc1)C(=O)O)C(=O)N1CCCC1C(=O)O. The molecule has 1 aliphatic heterocycles. The third-order valence-corrected chi connectivity index (χ3v) is 6.35. The fourth-order valence-corrected chi connectivity index (χ4v) is 4.38. The number of carbonyl (C=O) groups is 4. The summed E-state index contributed by atoms with van der Waals surface area (Å²) >= 11 is 0. The van der Waals surface area contributed by atoms with Crippen LogP contribution in [-0.4, -0.2) is 76.6 Å². The Labute approximate surface area is 211 Å². The number of amides is 2. The number of hydrogen-bond acceptors (Lipinski definition) is 7. The van der Waals surface area contributed by atoms with Crippen molar-refractivity contribution < 1.29 is 29.4 Å². The number of aryl methyl sites for hydroxylation is 1. The minimum atomic E-state index is -1.06. The molecule has 1 heterocycles. The molecule has 2 amide bonds. The molecule has 1 aromatic rings. The Morgan fingerprint density at radius 1 is 1.00 bits per heavy atom. The zero-order chi connectivity index (χ0) is 26.3. The maximum absolute atomic E-state index is 13.3. The van der Waals surface area contributed by atoms with E-state index in [9.17, 15) is 29.4 Å². The van der Waals surface area contributed by atoms with Gasteiger partial charge in [0.15, 0.2) is 0 Å². The first-order valence-corrected chi connectivity index (χ1v) is 12.6. The highest BCUT2D eigenvalue weighted by atomic mass is 16.4. The van der Waals surface area contributed by atoms with Gasteiger partial charge in [0.1, 0.15) is 12.1 Å². The van der Waals surface area contributed by atoms with Gasteiger partial charge in [-0.2, -0.15) is 0 Å². The molecule has 2 rings (SSSR count). The highest BCUT2D eigenvalue weighted by Crippen LogP contribution is 2.20. The minimum absolute atomic E-state index is 0.0794. The molecule has 11 heteroatoms. The first-order chi connectivity index (χ1) is 17.3. The molecule has 1 fully saturated rings. The highest BCUT2D eigenvalue weighted by molar-refractivity contribution is 5.88. The van der Waals surface area contributed by atoms with Crippen molar-refractivity contribution in [1.29, 1.82) is 0 Å². The van der Waals surface area contributed by atoms with Gasteiger partial charge in [-0.25, -0.2) is 4.79 Å². The van der Waals surface area contributed by atoms with Crippen LogP contribution in [0.1, 0.15) is 56.9 Å². The zero-order valence-corrected chi connectivity index (χ0v) is 20.7. The van der Waals surface area contributed by atoms with Crippen LogP contribution in [-0.2, 0) is 25.6 Å². The molecule has 36 heavy (non-hydrogen) atoms. The molecule has 200 valence electrons. The first kappa shape index (κ1) is 29.2. The average molecular weight is 506 g/mol. The van der Waals surface area contributed by atoms with Crippen molar-refractivity contribution in [2.24, 2.45) is 5.84 Å². The van der Waals surface area contributed by atoms with E-state index >= 15 is 0 Å². The van der Waals surface area contributed by atoms with Gasteiger partial charge in [0.2, 0.25) is 11.8 Å². The lowest BCUT2D eigenvalue weighted by Gasteiger charge is -2.29. The van der Waals surface area contributed by atoms with Crippen LogP contribution < -0.4 is 21.9 Å². The average Bonchev–Trinajstić information content (AvgIpc) is 3.36. The van der Waals surface area contributed by atoms with Crippen molar-refractivity contribution in [3.8, 4) is 0 Å². The van der Waals surface area contributed by atoms with Crippen LogP contribution in [0.25, 0.3) is 0 Å². The molecular formula is C25H39N5O6. The number of unbranched alkanes of at least 4 members (excludes halogenated alkanes) is 1. The minimum Gasteiger partial charge on any atom is -0.480 e. The van der Waals surface area contributed by atoms with E-state index in [1.54, 1.807) is 0 Å². The molecule has 11 nitrogen and oxygen atoms in total. The normalized spacial score (nSPS) is 16.9. The smallest absolute Gasteiger partial charge is 0.326 e. The summed E-state index contributed by atoms with van der Waals surface area (Å²) in [7, 11) is 0. The maximum atomic E-state index is 13.3. The second-order valence-corrected chi connectivity index (χ2v) is 9.07.